The van der Waals surface area contributed by atoms with E-state index in [2.05, 4.69) is 4.98 Å². The number of benzene rings is 1. The van der Waals surface area contributed by atoms with E-state index in [1.165, 1.54) is 0 Å². The molecule has 0 saturated carbocycles. The summed E-state index contributed by atoms with van der Waals surface area (Å²) < 4.78 is 0. The lowest BCUT2D eigenvalue weighted by Crippen LogP contribution is -2.63. The van der Waals surface area contributed by atoms with Crippen LogP contribution in [0.1, 0.15) is 24.2 Å². The minimum atomic E-state index is -0.817. The highest BCUT2D eigenvalue weighted by atomic mass is 16.2. The Balaban J connectivity index is 2.00. The van der Waals surface area contributed by atoms with Gasteiger partial charge in [0.05, 0.1) is 5.56 Å². The minimum absolute atomic E-state index is 0.0260. The maximum atomic E-state index is 12.9. The molecule has 5 heteroatoms. The lowest BCUT2D eigenvalue weighted by molar-refractivity contribution is -0.144. The summed E-state index contributed by atoms with van der Waals surface area (Å²) in [5.74, 6) is -0.124. The fourth-order valence-electron chi connectivity index (χ4n) is 2.96. The van der Waals surface area contributed by atoms with Gasteiger partial charge in [0.15, 0.2) is 0 Å². The van der Waals surface area contributed by atoms with Crippen molar-refractivity contribution in [1.82, 2.24) is 14.8 Å². The van der Waals surface area contributed by atoms with Gasteiger partial charge in [-0.25, -0.2) is 0 Å². The molecule has 1 aliphatic heterocycles. The summed E-state index contributed by atoms with van der Waals surface area (Å²) in [7, 11) is 1.78. The van der Waals surface area contributed by atoms with Crippen LogP contribution in [0.15, 0.2) is 30.5 Å². The topological polar surface area (TPSA) is 56.4 Å². The van der Waals surface area contributed by atoms with Crippen LogP contribution in [0, 0.1) is 0 Å². The Hall–Kier alpha value is -2.30. The number of nitrogens with one attached hydrogen (secondary N) is 1. The number of likely N-dealkylation sites (N-methyl/N-ethyl adjacent to an activating group) is 1. The molecule has 2 aromatic rings. The van der Waals surface area contributed by atoms with Gasteiger partial charge >= 0.3 is 0 Å². The third-order valence-corrected chi connectivity index (χ3v) is 4.27. The first-order valence-corrected chi connectivity index (χ1v) is 7.06. The Morgan fingerprint density at radius 1 is 1.24 bits per heavy atom. The van der Waals surface area contributed by atoms with E-state index in [0.717, 1.165) is 10.9 Å². The molecule has 1 aliphatic rings. The number of nitrogens with zero attached hydrogens (tertiary/aromatic N) is 2. The molecule has 3 rings (SSSR count). The number of para-hydroxylation sites is 1. The number of aromatic amines is 1. The molecule has 2 amide bonds. The fraction of sp³-hybridized carbons (Fsp3) is 0.375. The first kappa shape index (κ1) is 13.7. The van der Waals surface area contributed by atoms with Crippen molar-refractivity contribution in [2.24, 2.45) is 0 Å². The van der Waals surface area contributed by atoms with Gasteiger partial charge in [-0.3, -0.25) is 9.59 Å². The molecule has 2 heterocycles. The Morgan fingerprint density at radius 3 is 2.71 bits per heavy atom. The number of hydrogen-bond acceptors (Lipinski definition) is 2. The van der Waals surface area contributed by atoms with Crippen molar-refractivity contribution in [2.45, 2.75) is 19.4 Å². The molecule has 0 radical (unpaired) electrons. The molecule has 5 nitrogen and oxygen atoms in total. The number of fused-ring (bicyclic) bond motifs is 1. The van der Waals surface area contributed by atoms with E-state index in [1.54, 1.807) is 36.9 Å². The van der Waals surface area contributed by atoms with E-state index in [9.17, 15) is 9.59 Å². The average Bonchev–Trinajstić information content (AvgIpc) is 2.88. The molecular weight excluding hydrogens is 266 g/mol. The molecule has 0 spiro atoms. The van der Waals surface area contributed by atoms with Crippen molar-refractivity contribution in [3.05, 3.63) is 36.0 Å². The number of aromatic nitrogens is 1. The van der Waals surface area contributed by atoms with Gasteiger partial charge in [0.1, 0.15) is 5.54 Å². The molecule has 21 heavy (non-hydrogen) atoms. The highest BCUT2D eigenvalue weighted by molar-refractivity contribution is 6.08. The molecule has 1 saturated heterocycles. The summed E-state index contributed by atoms with van der Waals surface area (Å²) in [6.07, 6.45) is 1.73. The smallest absolute Gasteiger partial charge is 0.256 e. The van der Waals surface area contributed by atoms with Gasteiger partial charge in [-0.2, -0.15) is 0 Å². The van der Waals surface area contributed by atoms with Gasteiger partial charge in [-0.1, -0.05) is 18.2 Å². The third kappa shape index (κ3) is 2.00. The second-order valence-electron chi connectivity index (χ2n) is 5.99. The van der Waals surface area contributed by atoms with E-state index in [4.69, 9.17) is 0 Å². The Bertz CT molecular complexity index is 717. The summed E-state index contributed by atoms with van der Waals surface area (Å²) in [6, 6.07) is 7.69. The maximum absolute atomic E-state index is 12.9. The van der Waals surface area contributed by atoms with Crippen LogP contribution in [-0.4, -0.2) is 52.3 Å². The summed E-state index contributed by atoms with van der Waals surface area (Å²) in [4.78, 5) is 31.7. The number of hydrogen-bond donors (Lipinski definition) is 1. The lowest BCUT2D eigenvalue weighted by atomic mass is 9.96. The van der Waals surface area contributed by atoms with Crippen LogP contribution in [0.25, 0.3) is 10.9 Å². The zero-order valence-corrected chi connectivity index (χ0v) is 12.5. The van der Waals surface area contributed by atoms with Gasteiger partial charge in [-0.15, -0.1) is 0 Å². The number of carbonyl (C=O) groups excluding carboxylic acids is 2. The molecule has 110 valence electrons. The highest BCUT2D eigenvalue weighted by Gasteiger charge is 2.43. The predicted octanol–water partition coefficient (Wildman–Crippen LogP) is 1.86. The van der Waals surface area contributed by atoms with Crippen LogP contribution < -0.4 is 0 Å². The number of carbonyl (C=O) groups is 2. The van der Waals surface area contributed by atoms with Gasteiger partial charge in [0, 0.05) is 37.2 Å². The van der Waals surface area contributed by atoms with E-state index < -0.39 is 5.54 Å². The molecule has 1 aromatic carbocycles. The minimum Gasteiger partial charge on any atom is -0.360 e. The second-order valence-corrected chi connectivity index (χ2v) is 5.99. The molecule has 0 atom stereocenters. The third-order valence-electron chi connectivity index (χ3n) is 4.27. The number of piperazine rings is 1. The first-order chi connectivity index (χ1) is 9.93. The number of H-pyrrole nitrogens is 1. The molecule has 1 fully saturated rings. The molecule has 0 aliphatic carbocycles. The summed E-state index contributed by atoms with van der Waals surface area (Å²) in [6.45, 7) is 4.72. The van der Waals surface area contributed by atoms with Crippen molar-refractivity contribution < 1.29 is 9.59 Å². The van der Waals surface area contributed by atoms with Crippen molar-refractivity contribution in [3.63, 3.8) is 0 Å². The van der Waals surface area contributed by atoms with Gasteiger partial charge in [-0.05, 0) is 19.9 Å². The molecule has 1 aromatic heterocycles. The SMILES string of the molecule is CN1CCN(C(=O)c2c[nH]c3ccccc23)C(C)(C)C1=O. The largest absolute Gasteiger partial charge is 0.360 e. The number of amides is 2. The van der Waals surface area contributed by atoms with Crippen molar-refractivity contribution in [1.29, 1.82) is 0 Å². The Kier molecular flexibility index (Phi) is 3.01. The zero-order valence-electron chi connectivity index (χ0n) is 12.5. The lowest BCUT2D eigenvalue weighted by Gasteiger charge is -2.44. The predicted molar refractivity (Wildman–Crippen MR) is 81.1 cm³/mol. The fourth-order valence-corrected chi connectivity index (χ4v) is 2.96. The van der Waals surface area contributed by atoms with Crippen LogP contribution in [0.3, 0.4) is 0 Å². The van der Waals surface area contributed by atoms with Crippen molar-refractivity contribution >= 4 is 22.7 Å². The average molecular weight is 285 g/mol. The van der Waals surface area contributed by atoms with E-state index in [-0.39, 0.29) is 11.8 Å². The van der Waals surface area contributed by atoms with E-state index in [1.807, 2.05) is 24.3 Å². The van der Waals surface area contributed by atoms with Crippen LogP contribution in [0.2, 0.25) is 0 Å². The van der Waals surface area contributed by atoms with E-state index in [0.29, 0.717) is 18.7 Å². The first-order valence-electron chi connectivity index (χ1n) is 7.06. The Labute approximate surface area is 123 Å². The van der Waals surface area contributed by atoms with Crippen LogP contribution in [-0.2, 0) is 4.79 Å². The second kappa shape index (κ2) is 4.62. The molecule has 0 bridgehead atoms. The monoisotopic (exact) mass is 285 g/mol. The molecule has 0 unspecified atom stereocenters. The quantitative estimate of drug-likeness (QED) is 0.869. The molecular formula is C16H19N3O2. The van der Waals surface area contributed by atoms with E-state index >= 15 is 0 Å². The standard InChI is InChI=1S/C16H19N3O2/c1-16(2)15(21)18(3)8-9-19(16)14(20)12-10-17-13-7-5-4-6-11(12)13/h4-7,10,17H,8-9H2,1-3H3. The number of rotatable bonds is 1. The van der Waals surface area contributed by atoms with Crippen LogP contribution in [0.5, 0.6) is 0 Å². The van der Waals surface area contributed by atoms with Gasteiger partial charge in [0.25, 0.3) is 5.91 Å². The highest BCUT2D eigenvalue weighted by Crippen LogP contribution is 2.26. The van der Waals surface area contributed by atoms with Crippen LogP contribution >= 0.6 is 0 Å². The summed E-state index contributed by atoms with van der Waals surface area (Å²) in [5, 5.41) is 0.893. The van der Waals surface area contributed by atoms with Crippen molar-refractivity contribution in [3.8, 4) is 0 Å². The normalized spacial score (nSPS) is 18.3. The zero-order chi connectivity index (χ0) is 15.2. The molecule has 1 N–H and O–H groups in total. The van der Waals surface area contributed by atoms with Crippen molar-refractivity contribution in [2.75, 3.05) is 20.1 Å². The maximum Gasteiger partial charge on any atom is 0.256 e. The van der Waals surface area contributed by atoms with Crippen LogP contribution in [0.4, 0.5) is 0 Å². The van der Waals surface area contributed by atoms with Gasteiger partial charge < -0.3 is 14.8 Å². The van der Waals surface area contributed by atoms with Gasteiger partial charge in [0.2, 0.25) is 5.91 Å². The Morgan fingerprint density at radius 2 is 1.95 bits per heavy atom. The summed E-state index contributed by atoms with van der Waals surface area (Å²) in [5.41, 5.74) is 0.734. The summed E-state index contributed by atoms with van der Waals surface area (Å²) >= 11 is 0.